The topological polar surface area (TPSA) is 218 Å². The molecule has 28 heavy (non-hydrogen) atoms. The Bertz CT molecular complexity index is 318. The van der Waals surface area contributed by atoms with E-state index in [1.54, 1.807) is 13.8 Å². The molecule has 0 aliphatic rings. The molecule has 0 saturated heterocycles. The highest BCUT2D eigenvalue weighted by molar-refractivity contribution is 5.57. The van der Waals surface area contributed by atoms with Crippen molar-refractivity contribution in [3.63, 3.8) is 0 Å². The van der Waals surface area contributed by atoms with Crippen molar-refractivity contribution in [1.82, 2.24) is 0 Å². The molecule has 12 heteroatoms. The molecule has 0 rings (SSSR count). The fraction of sp³-hybridized carbons (Fsp3) is 0.938. The lowest BCUT2D eigenvalue weighted by atomic mass is 10.0. The Balaban J connectivity index is -0.000000915. The number of aldehydes is 1. The number of rotatable bonds is 13. The second-order valence-corrected chi connectivity index (χ2v) is 5.28. The fourth-order valence-corrected chi connectivity index (χ4v) is 1.48. The van der Waals surface area contributed by atoms with E-state index in [-0.39, 0.29) is 19.5 Å². The van der Waals surface area contributed by atoms with Crippen molar-refractivity contribution in [2.75, 3.05) is 46.2 Å². The molecule has 0 aromatic heterocycles. The minimum Gasteiger partial charge on any atom is -0.397 e. The molecular formula is C16H36O12. The Kier molecular flexibility index (Phi) is 25.7. The summed E-state index contributed by atoms with van der Waals surface area (Å²) in [5, 5.41) is 79.0. The number of carbonyl (C=O) groups is 1. The molecule has 0 fully saturated rings. The van der Waals surface area contributed by atoms with Gasteiger partial charge < -0.3 is 60.2 Å². The third-order valence-electron chi connectivity index (χ3n) is 2.76. The first-order valence-corrected chi connectivity index (χ1v) is 8.69. The van der Waals surface area contributed by atoms with Gasteiger partial charge in [0, 0.05) is 13.2 Å². The largest absolute Gasteiger partial charge is 0.397 e. The number of ether oxygens (including phenoxy) is 2. The van der Waals surface area contributed by atoms with Gasteiger partial charge in [0.1, 0.15) is 36.6 Å². The van der Waals surface area contributed by atoms with Crippen LogP contribution in [0.1, 0.15) is 13.8 Å². The van der Waals surface area contributed by atoms with Crippen LogP contribution in [-0.2, 0) is 14.3 Å². The van der Waals surface area contributed by atoms with Crippen molar-refractivity contribution in [3.8, 4) is 0 Å². The maximum atomic E-state index is 11.1. The average molecular weight is 420 g/mol. The van der Waals surface area contributed by atoms with Crippen LogP contribution < -0.4 is 0 Å². The summed E-state index contributed by atoms with van der Waals surface area (Å²) >= 11 is 0. The van der Waals surface area contributed by atoms with Gasteiger partial charge in [-0.2, -0.15) is 0 Å². The van der Waals surface area contributed by atoms with Crippen LogP contribution in [0.3, 0.4) is 0 Å². The number of hydrogen-bond donors (Lipinski definition) is 9. The van der Waals surface area contributed by atoms with Crippen LogP contribution in [0.25, 0.3) is 0 Å². The van der Waals surface area contributed by atoms with Gasteiger partial charge in [0.05, 0.1) is 33.0 Å². The molecule has 12 nitrogen and oxygen atoms in total. The molecule has 0 aliphatic carbocycles. The first-order valence-electron chi connectivity index (χ1n) is 8.69. The van der Waals surface area contributed by atoms with Gasteiger partial charge in [-0.25, -0.2) is 0 Å². The lowest BCUT2D eigenvalue weighted by Crippen LogP contribution is -2.50. The zero-order chi connectivity index (χ0) is 22.5. The second kappa shape index (κ2) is 22.5. The monoisotopic (exact) mass is 420 g/mol. The van der Waals surface area contributed by atoms with Gasteiger partial charge in [0.2, 0.25) is 0 Å². The normalized spacial score (nSPS) is 17.0. The predicted molar refractivity (Wildman–Crippen MR) is 96.3 cm³/mol. The average Bonchev–Trinajstić information content (AvgIpc) is 2.69. The van der Waals surface area contributed by atoms with E-state index >= 15 is 0 Å². The summed E-state index contributed by atoms with van der Waals surface area (Å²) < 4.78 is 10.1. The summed E-state index contributed by atoms with van der Waals surface area (Å²) in [6.07, 6.45) is -8.56. The number of aliphatic hydroxyl groups is 9. The molecule has 0 bridgehead atoms. The van der Waals surface area contributed by atoms with Crippen LogP contribution in [0.2, 0.25) is 0 Å². The highest BCUT2D eigenvalue weighted by Gasteiger charge is 2.35. The lowest BCUT2D eigenvalue weighted by molar-refractivity contribution is -0.173. The van der Waals surface area contributed by atoms with Gasteiger partial charge in [-0.1, -0.05) is 0 Å². The smallest absolute Gasteiger partial charge is 0.151 e. The number of carbonyl (C=O) groups excluding carboxylic acids is 1. The zero-order valence-electron chi connectivity index (χ0n) is 16.2. The van der Waals surface area contributed by atoms with Gasteiger partial charge in [-0.05, 0) is 13.8 Å². The Hall–Kier alpha value is -0.770. The Morgan fingerprint density at radius 1 is 0.750 bits per heavy atom. The molecule has 2 unspecified atom stereocenters. The molecule has 0 amide bonds. The molecule has 6 atom stereocenters. The third kappa shape index (κ3) is 17.3. The predicted octanol–water partition coefficient (Wildman–Crippen LogP) is -4.63. The maximum absolute atomic E-state index is 11.1. The Labute approximate surface area is 164 Å². The van der Waals surface area contributed by atoms with E-state index in [0.29, 0.717) is 0 Å². The van der Waals surface area contributed by atoms with Crippen LogP contribution in [0.5, 0.6) is 0 Å². The van der Waals surface area contributed by atoms with E-state index in [9.17, 15) is 25.2 Å². The first-order chi connectivity index (χ1) is 13.2. The molecule has 0 aromatic carbocycles. The molecule has 0 spiro atoms. The first kappa shape index (κ1) is 31.9. The molecule has 9 N–H and O–H groups in total. The van der Waals surface area contributed by atoms with Crippen molar-refractivity contribution < 1.29 is 60.2 Å². The Morgan fingerprint density at radius 3 is 1.46 bits per heavy atom. The van der Waals surface area contributed by atoms with E-state index < -0.39 is 69.7 Å². The Morgan fingerprint density at radius 2 is 1.14 bits per heavy atom. The molecule has 0 aromatic rings. The zero-order valence-corrected chi connectivity index (χ0v) is 16.2. The maximum Gasteiger partial charge on any atom is 0.151 e. The summed E-state index contributed by atoms with van der Waals surface area (Å²) in [5.41, 5.74) is 0. The minimum atomic E-state index is -1.72. The minimum absolute atomic E-state index is 0.243. The fourth-order valence-electron chi connectivity index (χ4n) is 1.48. The van der Waals surface area contributed by atoms with Crippen molar-refractivity contribution in [2.24, 2.45) is 0 Å². The quantitative estimate of drug-likeness (QED) is 0.129. The SMILES string of the molecule is CCO.CCO.O=C[C@H](OCC(O)CO)[C@@H](OCC(O)CO)[C@H](O)[C@H](O)CO. The summed E-state index contributed by atoms with van der Waals surface area (Å²) in [7, 11) is 0. The highest BCUT2D eigenvalue weighted by Crippen LogP contribution is 2.12. The second-order valence-electron chi connectivity index (χ2n) is 5.28. The molecule has 0 aliphatic heterocycles. The molecule has 172 valence electrons. The van der Waals surface area contributed by atoms with Gasteiger partial charge >= 0.3 is 0 Å². The van der Waals surface area contributed by atoms with Gasteiger partial charge in [0.25, 0.3) is 0 Å². The van der Waals surface area contributed by atoms with Gasteiger partial charge in [0.15, 0.2) is 6.29 Å². The van der Waals surface area contributed by atoms with E-state index in [0.717, 1.165) is 0 Å². The standard InChI is InChI=1S/C12H24O10.2C2H6O/c13-1-7(17)5-21-10(4-16)12(11(20)9(19)3-15)22-6-8(18)2-14;2*1-2-3/h4,7-15,17-20H,1-3,5-6H2;2*3H,2H2,1H3/t7?,8?,9-,10+,11-,12-;;/m1../s1. The van der Waals surface area contributed by atoms with Crippen molar-refractivity contribution in [3.05, 3.63) is 0 Å². The summed E-state index contributed by atoms with van der Waals surface area (Å²) in [4.78, 5) is 11.1. The van der Waals surface area contributed by atoms with Crippen LogP contribution in [0.4, 0.5) is 0 Å². The van der Waals surface area contributed by atoms with Gasteiger partial charge in [-0.15, -0.1) is 0 Å². The van der Waals surface area contributed by atoms with Crippen molar-refractivity contribution >= 4 is 6.29 Å². The number of aliphatic hydroxyl groups excluding tert-OH is 9. The summed E-state index contributed by atoms with van der Waals surface area (Å²) in [5.74, 6) is 0. The van der Waals surface area contributed by atoms with Crippen LogP contribution in [0.15, 0.2) is 0 Å². The molecule has 0 saturated carbocycles. The van der Waals surface area contributed by atoms with Crippen LogP contribution in [0, 0.1) is 0 Å². The molecular weight excluding hydrogens is 384 g/mol. The highest BCUT2D eigenvalue weighted by atomic mass is 16.6. The van der Waals surface area contributed by atoms with E-state index in [4.69, 9.17) is 35.0 Å². The lowest BCUT2D eigenvalue weighted by Gasteiger charge is -2.30. The van der Waals surface area contributed by atoms with Crippen molar-refractivity contribution in [1.29, 1.82) is 0 Å². The van der Waals surface area contributed by atoms with Crippen LogP contribution in [-0.4, -0.2) is 135 Å². The number of hydrogen-bond acceptors (Lipinski definition) is 12. The summed E-state index contributed by atoms with van der Waals surface area (Å²) in [6.45, 7) is 0.911. The van der Waals surface area contributed by atoms with E-state index in [1.807, 2.05) is 0 Å². The molecule has 0 heterocycles. The third-order valence-corrected chi connectivity index (χ3v) is 2.76. The van der Waals surface area contributed by atoms with E-state index in [1.165, 1.54) is 0 Å². The van der Waals surface area contributed by atoms with E-state index in [2.05, 4.69) is 0 Å². The molecule has 0 radical (unpaired) electrons. The van der Waals surface area contributed by atoms with Crippen molar-refractivity contribution in [2.45, 2.75) is 50.5 Å². The van der Waals surface area contributed by atoms with Crippen LogP contribution >= 0.6 is 0 Å². The summed E-state index contributed by atoms with van der Waals surface area (Å²) in [6, 6.07) is 0. The van der Waals surface area contributed by atoms with Gasteiger partial charge in [-0.3, -0.25) is 0 Å².